The average molecular weight is 220 g/mol. The van der Waals surface area contributed by atoms with Crippen molar-refractivity contribution in [2.45, 2.75) is 32.4 Å². The Bertz CT molecular complexity index is 375. The molecule has 0 aromatic carbocycles. The number of hydrogen-bond donors (Lipinski definition) is 2. The molecular weight excluding hydrogens is 204 g/mol. The molecule has 1 aromatic heterocycles. The largest absolute Gasteiger partial charge is 0.478 e. The van der Waals surface area contributed by atoms with Crippen molar-refractivity contribution in [2.75, 3.05) is 0 Å². The van der Waals surface area contributed by atoms with E-state index in [4.69, 9.17) is 5.11 Å². The summed E-state index contributed by atoms with van der Waals surface area (Å²) < 4.78 is 0. The molecule has 0 amide bonds. The third kappa shape index (κ3) is 2.58. The van der Waals surface area contributed by atoms with Crippen LogP contribution in [-0.2, 0) is 6.54 Å². The second kappa shape index (κ2) is 4.61. The van der Waals surface area contributed by atoms with Gasteiger partial charge in [-0.05, 0) is 24.5 Å². The summed E-state index contributed by atoms with van der Waals surface area (Å²) in [5, 5.41) is 12.1. The summed E-state index contributed by atoms with van der Waals surface area (Å²) in [5.74, 6) is -0.112. The van der Waals surface area contributed by atoms with Crippen LogP contribution in [0.3, 0.4) is 0 Å². The molecule has 0 aliphatic heterocycles. The molecule has 86 valence electrons. The number of pyridine rings is 1. The maximum Gasteiger partial charge on any atom is 0.337 e. The summed E-state index contributed by atoms with van der Waals surface area (Å²) in [5.41, 5.74) is 1.13. The molecule has 1 aromatic rings. The molecule has 2 atom stereocenters. The molecule has 4 heteroatoms. The first-order valence-corrected chi connectivity index (χ1v) is 5.62. The number of aromatic nitrogens is 1. The van der Waals surface area contributed by atoms with Gasteiger partial charge in [0.1, 0.15) is 0 Å². The molecule has 1 aliphatic carbocycles. The number of nitrogens with zero attached hydrogens (tertiary/aromatic N) is 1. The van der Waals surface area contributed by atoms with E-state index in [1.807, 2.05) is 0 Å². The molecule has 2 unspecified atom stereocenters. The van der Waals surface area contributed by atoms with Crippen molar-refractivity contribution < 1.29 is 9.90 Å². The fourth-order valence-electron chi connectivity index (χ4n) is 1.84. The monoisotopic (exact) mass is 220 g/mol. The zero-order chi connectivity index (χ0) is 11.5. The van der Waals surface area contributed by atoms with Crippen LogP contribution in [0.5, 0.6) is 0 Å². The van der Waals surface area contributed by atoms with Gasteiger partial charge in [-0.25, -0.2) is 4.79 Å². The van der Waals surface area contributed by atoms with Crippen molar-refractivity contribution in [3.63, 3.8) is 0 Å². The predicted octanol–water partition coefficient (Wildman–Crippen LogP) is 1.67. The van der Waals surface area contributed by atoms with E-state index in [0.29, 0.717) is 6.04 Å². The highest BCUT2D eigenvalue weighted by Crippen LogP contribution is 2.33. The Kier molecular flexibility index (Phi) is 3.19. The van der Waals surface area contributed by atoms with E-state index in [9.17, 15) is 4.79 Å². The Balaban J connectivity index is 1.84. The first-order valence-electron chi connectivity index (χ1n) is 5.62. The van der Waals surface area contributed by atoms with Gasteiger partial charge in [-0.15, -0.1) is 0 Å². The first kappa shape index (κ1) is 11.1. The average Bonchev–Trinajstić information content (AvgIpc) is 3.05. The number of aromatic carboxylic acids is 1. The highest BCUT2D eigenvalue weighted by Gasteiger charge is 2.34. The minimum atomic E-state index is -0.930. The van der Waals surface area contributed by atoms with Crippen LogP contribution < -0.4 is 5.32 Å². The smallest absolute Gasteiger partial charge is 0.337 e. The summed E-state index contributed by atoms with van der Waals surface area (Å²) in [6.45, 7) is 2.92. The van der Waals surface area contributed by atoms with E-state index in [2.05, 4.69) is 17.2 Å². The Labute approximate surface area is 94.7 Å². The van der Waals surface area contributed by atoms with Gasteiger partial charge in [-0.3, -0.25) is 4.98 Å². The first-order chi connectivity index (χ1) is 7.70. The maximum absolute atomic E-state index is 10.6. The van der Waals surface area contributed by atoms with Gasteiger partial charge < -0.3 is 10.4 Å². The highest BCUT2D eigenvalue weighted by molar-refractivity contribution is 5.87. The van der Waals surface area contributed by atoms with Crippen molar-refractivity contribution in [3.8, 4) is 0 Å². The van der Waals surface area contributed by atoms with Crippen LogP contribution in [0.25, 0.3) is 0 Å². The molecule has 2 N–H and O–H groups in total. The van der Waals surface area contributed by atoms with Crippen molar-refractivity contribution >= 4 is 5.97 Å². The molecule has 1 fully saturated rings. The normalized spacial score (nSPS) is 23.1. The fourth-order valence-corrected chi connectivity index (χ4v) is 1.84. The molecule has 1 aliphatic rings. The molecule has 0 bridgehead atoms. The quantitative estimate of drug-likeness (QED) is 0.792. The number of rotatable bonds is 5. The van der Waals surface area contributed by atoms with E-state index < -0.39 is 5.97 Å². The van der Waals surface area contributed by atoms with Gasteiger partial charge in [0.15, 0.2) is 0 Å². The molecule has 16 heavy (non-hydrogen) atoms. The van der Waals surface area contributed by atoms with E-state index in [-0.39, 0.29) is 5.56 Å². The van der Waals surface area contributed by atoms with Gasteiger partial charge in [0.2, 0.25) is 0 Å². The Morgan fingerprint density at radius 2 is 2.44 bits per heavy atom. The standard InChI is InChI=1S/C12H16N2O2/c1-2-8-5-11(8)14-7-10-4-3-9(6-13-10)12(15)16/h3-4,6,8,11,14H,2,5,7H2,1H3,(H,15,16). The van der Waals surface area contributed by atoms with Crippen LogP contribution in [0, 0.1) is 5.92 Å². The number of carboxylic acid groups (broad SMARTS) is 1. The Morgan fingerprint density at radius 1 is 1.62 bits per heavy atom. The van der Waals surface area contributed by atoms with Gasteiger partial charge in [-0.1, -0.05) is 13.3 Å². The summed E-state index contributed by atoms with van der Waals surface area (Å²) in [7, 11) is 0. The maximum atomic E-state index is 10.6. The molecule has 4 nitrogen and oxygen atoms in total. The van der Waals surface area contributed by atoms with Crippen molar-refractivity contribution in [2.24, 2.45) is 5.92 Å². The second-order valence-corrected chi connectivity index (χ2v) is 4.23. The van der Waals surface area contributed by atoms with Crippen LogP contribution in [0.1, 0.15) is 35.8 Å². The summed E-state index contributed by atoms with van der Waals surface area (Å²) >= 11 is 0. The summed E-state index contributed by atoms with van der Waals surface area (Å²) in [6, 6.07) is 3.99. The molecule has 1 heterocycles. The molecule has 0 radical (unpaired) electrons. The van der Waals surface area contributed by atoms with Gasteiger partial charge in [0, 0.05) is 18.8 Å². The lowest BCUT2D eigenvalue weighted by Gasteiger charge is -2.03. The fraction of sp³-hybridized carbons (Fsp3) is 0.500. The molecule has 0 spiro atoms. The van der Waals surface area contributed by atoms with Gasteiger partial charge in [0.25, 0.3) is 0 Å². The number of carbonyl (C=O) groups is 1. The van der Waals surface area contributed by atoms with Crippen molar-refractivity contribution in [1.82, 2.24) is 10.3 Å². The van der Waals surface area contributed by atoms with Crippen molar-refractivity contribution in [1.29, 1.82) is 0 Å². The Morgan fingerprint density at radius 3 is 2.94 bits per heavy atom. The SMILES string of the molecule is CCC1CC1NCc1ccc(C(=O)O)cn1. The number of nitrogens with one attached hydrogen (secondary N) is 1. The van der Waals surface area contributed by atoms with Crippen LogP contribution >= 0.6 is 0 Å². The van der Waals surface area contributed by atoms with Crippen LogP contribution in [-0.4, -0.2) is 22.1 Å². The molecule has 0 saturated heterocycles. The highest BCUT2D eigenvalue weighted by atomic mass is 16.4. The van der Waals surface area contributed by atoms with Gasteiger partial charge in [-0.2, -0.15) is 0 Å². The van der Waals surface area contributed by atoms with Crippen LogP contribution in [0.15, 0.2) is 18.3 Å². The third-order valence-electron chi connectivity index (χ3n) is 3.06. The lowest BCUT2D eigenvalue weighted by atomic mass is 10.2. The number of hydrogen-bond acceptors (Lipinski definition) is 3. The topological polar surface area (TPSA) is 62.2 Å². The van der Waals surface area contributed by atoms with E-state index in [1.165, 1.54) is 19.0 Å². The summed E-state index contributed by atoms with van der Waals surface area (Å²) in [6.07, 6.45) is 3.89. The van der Waals surface area contributed by atoms with Crippen LogP contribution in [0.2, 0.25) is 0 Å². The zero-order valence-corrected chi connectivity index (χ0v) is 9.31. The predicted molar refractivity (Wildman–Crippen MR) is 60.2 cm³/mol. The lowest BCUT2D eigenvalue weighted by Crippen LogP contribution is -2.18. The zero-order valence-electron chi connectivity index (χ0n) is 9.31. The van der Waals surface area contributed by atoms with Gasteiger partial charge >= 0.3 is 5.97 Å². The molecular formula is C12H16N2O2. The van der Waals surface area contributed by atoms with E-state index in [1.54, 1.807) is 12.1 Å². The minimum Gasteiger partial charge on any atom is -0.478 e. The van der Waals surface area contributed by atoms with Crippen molar-refractivity contribution in [3.05, 3.63) is 29.6 Å². The molecule has 1 saturated carbocycles. The Hall–Kier alpha value is -1.42. The lowest BCUT2D eigenvalue weighted by molar-refractivity contribution is 0.0696. The third-order valence-corrected chi connectivity index (χ3v) is 3.06. The van der Waals surface area contributed by atoms with Crippen LogP contribution in [0.4, 0.5) is 0 Å². The van der Waals surface area contributed by atoms with E-state index >= 15 is 0 Å². The molecule has 2 rings (SSSR count). The minimum absolute atomic E-state index is 0.238. The van der Waals surface area contributed by atoms with Gasteiger partial charge in [0.05, 0.1) is 11.3 Å². The second-order valence-electron chi connectivity index (χ2n) is 4.23. The summed E-state index contributed by atoms with van der Waals surface area (Å²) in [4.78, 5) is 14.7. The van der Waals surface area contributed by atoms with E-state index in [0.717, 1.165) is 18.2 Å². The number of carboxylic acids is 1.